The second-order valence-corrected chi connectivity index (χ2v) is 6.86. The molecule has 0 aromatic heterocycles. The number of phosphoric acid groups is 1. The molecule has 0 aliphatic rings. The van der Waals surface area contributed by atoms with E-state index >= 15 is 0 Å². The molecule has 0 amide bonds. The van der Waals surface area contributed by atoms with Crippen molar-refractivity contribution in [1.29, 1.82) is 0 Å². The van der Waals surface area contributed by atoms with E-state index in [1.807, 2.05) is 0 Å². The minimum Gasteiger partial charge on any atom is -0.402 e. The Labute approximate surface area is 158 Å². The van der Waals surface area contributed by atoms with Crippen molar-refractivity contribution in [3.8, 4) is 0 Å². The summed E-state index contributed by atoms with van der Waals surface area (Å²) in [6, 6.07) is 6.94. The molecule has 0 saturated carbocycles. The van der Waals surface area contributed by atoms with Crippen molar-refractivity contribution in [2.45, 2.75) is 24.7 Å². The normalized spacial score (nSPS) is 14.0. The molecule has 160 valence electrons. The third-order valence-corrected chi connectivity index (χ3v) is 4.35. The van der Waals surface area contributed by atoms with Crippen molar-refractivity contribution in [3.63, 3.8) is 0 Å². The summed E-state index contributed by atoms with van der Waals surface area (Å²) in [5.41, 5.74) is 0.622. The fraction of sp³-hybridized carbons (Fsp3) is 0.429. The molecule has 0 spiro atoms. The molecule has 0 bridgehead atoms. The Bertz CT molecular complexity index is 674. The van der Waals surface area contributed by atoms with Gasteiger partial charge in [0.1, 0.15) is 19.0 Å². The van der Waals surface area contributed by atoms with E-state index in [1.165, 1.54) is 30.3 Å². The summed E-state index contributed by atoms with van der Waals surface area (Å²) in [6.45, 7) is -4.54. The van der Waals surface area contributed by atoms with E-state index in [1.54, 1.807) is 0 Å². The lowest BCUT2D eigenvalue weighted by molar-refractivity contribution is -0.161. The predicted octanol–water partition coefficient (Wildman–Crippen LogP) is 6.18. The van der Waals surface area contributed by atoms with Crippen LogP contribution < -0.4 is 0 Å². The van der Waals surface area contributed by atoms with E-state index in [9.17, 15) is 39.7 Å². The van der Waals surface area contributed by atoms with Crippen molar-refractivity contribution in [2.24, 2.45) is 0 Å². The second kappa shape index (κ2) is 9.91. The molecule has 0 radical (unpaired) electrons. The van der Waals surface area contributed by atoms with E-state index in [4.69, 9.17) is 11.6 Å². The van der Waals surface area contributed by atoms with Crippen LogP contribution in [0.2, 0.25) is 0 Å². The lowest BCUT2D eigenvalue weighted by atomic mass is 10.2. The van der Waals surface area contributed by atoms with E-state index in [2.05, 4.69) is 13.6 Å². The molecule has 0 atom stereocenters. The van der Waals surface area contributed by atoms with Crippen LogP contribution in [0.4, 0.5) is 35.1 Å². The number of rotatable bonds is 11. The van der Waals surface area contributed by atoms with Crippen LogP contribution in [0.3, 0.4) is 0 Å². The zero-order chi connectivity index (χ0) is 21.6. The minimum absolute atomic E-state index is 0.0335. The first-order valence-corrected chi connectivity index (χ1v) is 8.99. The van der Waals surface area contributed by atoms with Crippen LogP contribution in [0, 0.1) is 0 Å². The number of alkyl halides is 8. The average molecular weight is 463 g/mol. The van der Waals surface area contributed by atoms with Crippen LogP contribution in [0.15, 0.2) is 35.9 Å². The maximum atomic E-state index is 13.0. The van der Waals surface area contributed by atoms with Gasteiger partial charge in [-0.3, -0.25) is 9.05 Å². The van der Waals surface area contributed by atoms with Crippen molar-refractivity contribution in [3.05, 3.63) is 41.4 Å². The van der Waals surface area contributed by atoms with Crippen LogP contribution >= 0.6 is 19.4 Å². The number of hydrogen-bond acceptors (Lipinski definition) is 4. The van der Waals surface area contributed by atoms with Crippen LogP contribution in [0.1, 0.15) is 5.56 Å². The fourth-order valence-electron chi connectivity index (χ4n) is 1.40. The highest BCUT2D eigenvalue weighted by Gasteiger charge is 2.48. The summed E-state index contributed by atoms with van der Waals surface area (Å²) in [4.78, 5) is 0. The molecule has 0 aliphatic heterocycles. The monoisotopic (exact) mass is 462 g/mol. The predicted molar refractivity (Wildman–Crippen MR) is 82.8 cm³/mol. The Balaban J connectivity index is 3.07. The Morgan fingerprint density at radius 1 is 0.964 bits per heavy atom. The molecular weight excluding hydrogens is 451 g/mol. The summed E-state index contributed by atoms with van der Waals surface area (Å²) in [6.07, 6.45) is -8.53. The van der Waals surface area contributed by atoms with Gasteiger partial charge in [-0.25, -0.2) is 22.1 Å². The van der Waals surface area contributed by atoms with Crippen LogP contribution in [0.5, 0.6) is 0 Å². The van der Waals surface area contributed by atoms with Gasteiger partial charge in [0.25, 0.3) is 0 Å². The fourth-order valence-corrected chi connectivity index (χ4v) is 2.88. The third kappa shape index (κ3) is 7.23. The van der Waals surface area contributed by atoms with Gasteiger partial charge in [0, 0.05) is 11.1 Å². The molecule has 0 N–H and O–H groups in total. The van der Waals surface area contributed by atoms with Gasteiger partial charge in [-0.05, 0) is 0 Å². The number of benzene rings is 1. The van der Waals surface area contributed by atoms with E-state index in [-0.39, 0.29) is 5.56 Å². The summed E-state index contributed by atoms with van der Waals surface area (Å²) < 4.78 is 126. The summed E-state index contributed by atoms with van der Waals surface area (Å²) in [5, 5.41) is 0. The highest BCUT2D eigenvalue weighted by molar-refractivity contribution is 7.48. The highest BCUT2D eigenvalue weighted by Crippen LogP contribution is 2.55. The zero-order valence-corrected chi connectivity index (χ0v) is 15.2. The first kappa shape index (κ1) is 24.7. The second-order valence-electron chi connectivity index (χ2n) is 5.05. The number of hydrogen-bond donors (Lipinski definition) is 0. The smallest absolute Gasteiger partial charge is 0.402 e. The quantitative estimate of drug-likeness (QED) is 0.224. The van der Waals surface area contributed by atoms with Gasteiger partial charge in [-0.15, -0.1) is 0 Å². The Kier molecular flexibility index (Phi) is 8.73. The number of phosphoric ester groups is 1. The lowest BCUT2D eigenvalue weighted by Crippen LogP contribution is -2.34. The third-order valence-electron chi connectivity index (χ3n) is 2.84. The molecule has 1 rings (SSSR count). The molecule has 1 aromatic rings. The van der Waals surface area contributed by atoms with E-state index in [0.29, 0.717) is 5.54 Å². The van der Waals surface area contributed by atoms with Crippen molar-refractivity contribution >= 4 is 25.2 Å². The zero-order valence-electron chi connectivity index (χ0n) is 13.5. The first-order chi connectivity index (χ1) is 12.8. The Morgan fingerprint density at radius 2 is 1.39 bits per heavy atom. The van der Waals surface area contributed by atoms with Gasteiger partial charge in [0.15, 0.2) is 0 Å². The standard InChI is InChI=1S/C14H12ClF8O4P/c15-6-10(9-4-2-1-3-5-9)27-28(24,25-7-13(20,21)11(16)17)26-8-14(22,23)12(18)19/h1-6,11-12H,7-8H2/b10-6+. The van der Waals surface area contributed by atoms with Gasteiger partial charge in [-0.1, -0.05) is 41.9 Å². The summed E-state index contributed by atoms with van der Waals surface area (Å²) >= 11 is 5.43. The molecule has 0 fully saturated rings. The Morgan fingerprint density at radius 3 is 1.75 bits per heavy atom. The molecule has 0 aliphatic carbocycles. The van der Waals surface area contributed by atoms with E-state index in [0.717, 1.165) is 0 Å². The SMILES string of the molecule is O=P(OCC(F)(F)C(F)F)(OCC(F)(F)C(F)F)O/C(=C/Cl)c1ccccc1. The summed E-state index contributed by atoms with van der Waals surface area (Å²) in [5.74, 6) is -10.3. The molecule has 14 heteroatoms. The maximum absolute atomic E-state index is 13.0. The van der Waals surface area contributed by atoms with E-state index < -0.39 is 51.5 Å². The number of halogens is 9. The average Bonchev–Trinajstić information content (AvgIpc) is 2.64. The van der Waals surface area contributed by atoms with Crippen molar-refractivity contribution in [1.82, 2.24) is 0 Å². The molecule has 0 unspecified atom stereocenters. The van der Waals surface area contributed by atoms with Crippen molar-refractivity contribution < 1.29 is 53.3 Å². The van der Waals surface area contributed by atoms with Crippen molar-refractivity contribution in [2.75, 3.05) is 13.2 Å². The first-order valence-electron chi connectivity index (χ1n) is 7.09. The topological polar surface area (TPSA) is 44.8 Å². The molecule has 0 saturated heterocycles. The van der Waals surface area contributed by atoms with Gasteiger partial charge in [0.2, 0.25) is 0 Å². The largest absolute Gasteiger partial charge is 0.530 e. The molecule has 4 nitrogen and oxygen atoms in total. The lowest BCUT2D eigenvalue weighted by Gasteiger charge is -2.24. The molecule has 1 aromatic carbocycles. The molecule has 28 heavy (non-hydrogen) atoms. The van der Waals surface area contributed by atoms with Gasteiger partial charge < -0.3 is 4.52 Å². The minimum atomic E-state index is -5.51. The van der Waals surface area contributed by atoms with Gasteiger partial charge in [-0.2, -0.15) is 17.6 Å². The molecule has 0 heterocycles. The van der Waals surface area contributed by atoms with Crippen LogP contribution in [-0.2, 0) is 18.1 Å². The summed E-state index contributed by atoms with van der Waals surface area (Å²) in [7, 11) is -5.51. The van der Waals surface area contributed by atoms with Gasteiger partial charge >= 0.3 is 32.5 Å². The molecular formula is C14H12ClF8O4P. The highest BCUT2D eigenvalue weighted by atomic mass is 35.5. The van der Waals surface area contributed by atoms with Crippen LogP contribution in [-0.4, -0.2) is 37.9 Å². The van der Waals surface area contributed by atoms with Crippen LogP contribution in [0.25, 0.3) is 5.76 Å². The van der Waals surface area contributed by atoms with Gasteiger partial charge in [0.05, 0.1) is 0 Å². The maximum Gasteiger partial charge on any atom is 0.530 e. The Hall–Kier alpha value is -1.36.